The minimum Gasteiger partial charge on any atom is -0.381 e. The van der Waals surface area contributed by atoms with E-state index < -0.39 is 0 Å². The van der Waals surface area contributed by atoms with Crippen LogP contribution < -0.4 is 10.6 Å². The lowest BCUT2D eigenvalue weighted by Crippen LogP contribution is -2.39. The number of aromatic nitrogens is 2. The molecule has 1 aliphatic rings. The van der Waals surface area contributed by atoms with E-state index in [1.54, 1.807) is 0 Å². The Kier molecular flexibility index (Phi) is 12.7. The molecule has 1 aromatic rings. The van der Waals surface area contributed by atoms with Gasteiger partial charge in [-0.3, -0.25) is 9.67 Å². The summed E-state index contributed by atoms with van der Waals surface area (Å²) in [6, 6.07) is 0. The van der Waals surface area contributed by atoms with E-state index >= 15 is 0 Å². The summed E-state index contributed by atoms with van der Waals surface area (Å²) in [5.74, 6) is 1.53. The molecule has 7 nitrogen and oxygen atoms in total. The van der Waals surface area contributed by atoms with Crippen LogP contribution in [0.15, 0.2) is 17.4 Å². The zero-order chi connectivity index (χ0) is 17.7. The van der Waals surface area contributed by atoms with Gasteiger partial charge >= 0.3 is 0 Å². The maximum Gasteiger partial charge on any atom is 0.191 e. The maximum absolute atomic E-state index is 5.78. The third-order valence-corrected chi connectivity index (χ3v) is 4.15. The molecule has 0 aromatic carbocycles. The molecule has 0 amide bonds. The molecule has 2 N–H and O–H groups in total. The van der Waals surface area contributed by atoms with Crippen molar-refractivity contribution in [3.8, 4) is 0 Å². The first kappa shape index (κ1) is 23.2. The summed E-state index contributed by atoms with van der Waals surface area (Å²) in [5, 5.41) is 10.9. The molecular weight excluding hydrogens is 445 g/mol. The molecule has 1 aliphatic heterocycles. The second-order valence-corrected chi connectivity index (χ2v) is 6.45. The van der Waals surface area contributed by atoms with Gasteiger partial charge in [-0.25, -0.2) is 0 Å². The second-order valence-electron chi connectivity index (χ2n) is 6.45. The highest BCUT2D eigenvalue weighted by Crippen LogP contribution is 2.14. The van der Waals surface area contributed by atoms with Crippen LogP contribution in [0.4, 0.5) is 0 Å². The molecule has 0 atom stereocenters. The number of ether oxygens (including phenoxy) is 2. The highest BCUT2D eigenvalue weighted by Gasteiger charge is 2.13. The average Bonchev–Trinajstić information content (AvgIpc) is 3.04. The lowest BCUT2D eigenvalue weighted by Gasteiger charge is -2.21. The molecule has 0 radical (unpaired) electrons. The molecule has 1 aromatic heterocycles. The van der Waals surface area contributed by atoms with E-state index in [1.807, 2.05) is 24.0 Å². The van der Waals surface area contributed by atoms with E-state index in [0.29, 0.717) is 5.92 Å². The molecule has 150 valence electrons. The minimum absolute atomic E-state index is 0. The molecule has 2 heterocycles. The van der Waals surface area contributed by atoms with Crippen LogP contribution in [-0.4, -0.2) is 61.8 Å². The molecule has 0 bridgehead atoms. The number of nitrogens with zero attached hydrogens (tertiary/aromatic N) is 3. The van der Waals surface area contributed by atoms with Gasteiger partial charge in [-0.2, -0.15) is 5.10 Å². The van der Waals surface area contributed by atoms with Crippen molar-refractivity contribution in [2.45, 2.75) is 39.7 Å². The van der Waals surface area contributed by atoms with Gasteiger partial charge in [0.2, 0.25) is 0 Å². The van der Waals surface area contributed by atoms with Gasteiger partial charge in [-0.05, 0) is 44.6 Å². The predicted molar refractivity (Wildman–Crippen MR) is 115 cm³/mol. The Morgan fingerprint density at radius 3 is 2.88 bits per heavy atom. The monoisotopic (exact) mass is 479 g/mol. The maximum atomic E-state index is 5.78. The van der Waals surface area contributed by atoms with Crippen molar-refractivity contribution in [1.82, 2.24) is 20.4 Å². The van der Waals surface area contributed by atoms with Gasteiger partial charge in [0.15, 0.2) is 5.96 Å². The quantitative estimate of drug-likeness (QED) is 0.233. The Labute approximate surface area is 174 Å². The van der Waals surface area contributed by atoms with Crippen molar-refractivity contribution < 1.29 is 9.47 Å². The number of aryl methyl sites for hydroxylation is 1. The van der Waals surface area contributed by atoms with Crippen LogP contribution in [0.5, 0.6) is 0 Å². The minimum atomic E-state index is 0. The zero-order valence-corrected chi connectivity index (χ0v) is 18.4. The van der Waals surface area contributed by atoms with E-state index in [1.165, 1.54) is 5.56 Å². The summed E-state index contributed by atoms with van der Waals surface area (Å²) in [6.45, 7) is 10.8. The Hall–Kier alpha value is -0.870. The fraction of sp³-hybridized carbons (Fsp3) is 0.778. The zero-order valence-electron chi connectivity index (χ0n) is 16.1. The molecule has 0 aliphatic carbocycles. The van der Waals surface area contributed by atoms with Crippen molar-refractivity contribution in [3.05, 3.63) is 18.0 Å². The predicted octanol–water partition coefficient (Wildman–Crippen LogP) is 2.20. The van der Waals surface area contributed by atoms with Crippen LogP contribution in [0.25, 0.3) is 0 Å². The van der Waals surface area contributed by atoms with Crippen LogP contribution in [0.3, 0.4) is 0 Å². The fourth-order valence-electron chi connectivity index (χ4n) is 2.74. The molecule has 1 fully saturated rings. The molecule has 8 heteroatoms. The van der Waals surface area contributed by atoms with Gasteiger partial charge in [0.25, 0.3) is 0 Å². The Morgan fingerprint density at radius 2 is 2.19 bits per heavy atom. The van der Waals surface area contributed by atoms with Crippen LogP contribution >= 0.6 is 24.0 Å². The van der Waals surface area contributed by atoms with Crippen molar-refractivity contribution in [1.29, 1.82) is 0 Å². The topological polar surface area (TPSA) is 72.7 Å². The summed E-state index contributed by atoms with van der Waals surface area (Å²) in [7, 11) is 0. The van der Waals surface area contributed by atoms with Crippen molar-refractivity contribution in [2.75, 3.05) is 46.1 Å². The van der Waals surface area contributed by atoms with Gasteiger partial charge in [0.05, 0.1) is 12.7 Å². The van der Waals surface area contributed by atoms with Crippen molar-refractivity contribution >= 4 is 29.9 Å². The lowest BCUT2D eigenvalue weighted by atomic mass is 10.0. The van der Waals surface area contributed by atoms with E-state index in [2.05, 4.69) is 27.6 Å². The van der Waals surface area contributed by atoms with Crippen molar-refractivity contribution in [3.63, 3.8) is 0 Å². The highest BCUT2D eigenvalue weighted by atomic mass is 127. The van der Waals surface area contributed by atoms with Crippen LogP contribution in [0, 0.1) is 12.8 Å². The summed E-state index contributed by atoms with van der Waals surface area (Å²) in [6.07, 6.45) is 7.12. The summed E-state index contributed by atoms with van der Waals surface area (Å²) in [4.78, 5) is 4.60. The van der Waals surface area contributed by atoms with Gasteiger partial charge in [-0.1, -0.05) is 0 Å². The van der Waals surface area contributed by atoms with E-state index in [0.717, 1.165) is 77.8 Å². The SMILES string of the molecule is CCNC(=NCCCOCC1CCOCC1)NCCn1cc(C)cn1.I. The first-order chi connectivity index (χ1) is 12.3. The number of halogens is 1. The van der Waals surface area contributed by atoms with Crippen LogP contribution in [-0.2, 0) is 16.0 Å². The molecule has 2 rings (SSSR count). The lowest BCUT2D eigenvalue weighted by molar-refractivity contribution is 0.0205. The highest BCUT2D eigenvalue weighted by molar-refractivity contribution is 14.0. The third-order valence-electron chi connectivity index (χ3n) is 4.15. The van der Waals surface area contributed by atoms with Gasteiger partial charge < -0.3 is 20.1 Å². The summed E-state index contributed by atoms with van der Waals surface area (Å²) in [5.41, 5.74) is 1.18. The second kappa shape index (κ2) is 14.2. The van der Waals surface area contributed by atoms with Crippen molar-refractivity contribution in [2.24, 2.45) is 10.9 Å². The first-order valence-electron chi connectivity index (χ1n) is 9.44. The molecule has 0 spiro atoms. The smallest absolute Gasteiger partial charge is 0.191 e. The molecule has 0 saturated carbocycles. The molecule has 0 unspecified atom stereocenters. The first-order valence-corrected chi connectivity index (χ1v) is 9.44. The van der Waals surface area contributed by atoms with E-state index in [9.17, 15) is 0 Å². The Bertz CT molecular complexity index is 504. The number of aliphatic imine (C=N–C) groups is 1. The molecule has 1 saturated heterocycles. The molecular formula is C18H34IN5O2. The third kappa shape index (κ3) is 9.72. The van der Waals surface area contributed by atoms with E-state index in [4.69, 9.17) is 9.47 Å². The summed E-state index contributed by atoms with van der Waals surface area (Å²) >= 11 is 0. The fourth-order valence-corrected chi connectivity index (χ4v) is 2.74. The average molecular weight is 479 g/mol. The molecule has 26 heavy (non-hydrogen) atoms. The summed E-state index contributed by atoms with van der Waals surface area (Å²) < 4.78 is 13.1. The number of hydrogen-bond acceptors (Lipinski definition) is 4. The standard InChI is InChI=1S/C18H33N5O2.HI/c1-3-19-18(21-8-9-23-14-16(2)13-22-23)20-7-4-10-25-15-17-5-11-24-12-6-17;/h13-14,17H,3-12,15H2,1-2H3,(H2,19,20,21);1H. The van der Waals surface area contributed by atoms with E-state index in [-0.39, 0.29) is 24.0 Å². The normalized spacial score (nSPS) is 15.5. The Morgan fingerprint density at radius 1 is 1.38 bits per heavy atom. The largest absolute Gasteiger partial charge is 0.381 e. The number of nitrogens with one attached hydrogen (secondary N) is 2. The van der Waals surface area contributed by atoms with Gasteiger partial charge in [0.1, 0.15) is 0 Å². The number of guanidine groups is 1. The number of rotatable bonds is 10. The van der Waals surface area contributed by atoms with Gasteiger partial charge in [0, 0.05) is 52.3 Å². The van der Waals surface area contributed by atoms with Crippen LogP contribution in [0.2, 0.25) is 0 Å². The van der Waals surface area contributed by atoms with Gasteiger partial charge in [-0.15, -0.1) is 24.0 Å². The Balaban J connectivity index is 0.00000338. The number of hydrogen-bond donors (Lipinski definition) is 2. The van der Waals surface area contributed by atoms with Crippen LogP contribution in [0.1, 0.15) is 31.7 Å².